The molecule has 0 aliphatic heterocycles. The highest BCUT2D eigenvalue weighted by molar-refractivity contribution is 7.87. The van der Waals surface area contributed by atoms with Crippen molar-refractivity contribution in [3.63, 3.8) is 0 Å². The lowest BCUT2D eigenvalue weighted by molar-refractivity contribution is 0.0754. The van der Waals surface area contributed by atoms with Crippen molar-refractivity contribution in [1.29, 1.82) is 0 Å². The van der Waals surface area contributed by atoms with Crippen molar-refractivity contribution in [1.82, 2.24) is 0 Å². The van der Waals surface area contributed by atoms with Crippen LogP contribution in [0.3, 0.4) is 0 Å². The standard InChI is InChI=1S/C14H11Cl4O9PS2/c15-9-1-3-11(17)13(5-9)29(20,21)26-7-24-28(19)25-8-27-30(22,23)14-6-10(16)2-4-12(14)18/h1-6,28H,7-8H2. The molecule has 2 aromatic carbocycles. The van der Waals surface area contributed by atoms with Crippen LogP contribution in [-0.4, -0.2) is 30.4 Å². The van der Waals surface area contributed by atoms with E-state index in [9.17, 15) is 21.4 Å². The normalized spacial score (nSPS) is 12.4. The maximum Gasteiger partial charge on any atom is 0.323 e. The van der Waals surface area contributed by atoms with Gasteiger partial charge in [0, 0.05) is 10.0 Å². The second kappa shape index (κ2) is 10.9. The maximum atomic E-state index is 12.0. The molecule has 0 amide bonds. The lowest BCUT2D eigenvalue weighted by atomic mass is 10.4. The highest BCUT2D eigenvalue weighted by Gasteiger charge is 2.22. The molecule has 0 heterocycles. The second-order valence-electron chi connectivity index (χ2n) is 5.07. The molecule has 0 saturated carbocycles. The molecule has 166 valence electrons. The van der Waals surface area contributed by atoms with Gasteiger partial charge in [0.1, 0.15) is 9.79 Å². The summed E-state index contributed by atoms with van der Waals surface area (Å²) in [7, 11) is -12.1. The topological polar surface area (TPSA) is 122 Å². The average Bonchev–Trinajstić information content (AvgIpc) is 2.65. The Hall–Kier alpha value is -0.430. The summed E-state index contributed by atoms with van der Waals surface area (Å²) in [6.07, 6.45) is 0. The van der Waals surface area contributed by atoms with Crippen LogP contribution in [0.15, 0.2) is 46.2 Å². The Bertz CT molecular complexity index is 1070. The van der Waals surface area contributed by atoms with E-state index in [2.05, 4.69) is 17.4 Å². The Morgan fingerprint density at radius 2 is 1.07 bits per heavy atom. The zero-order valence-electron chi connectivity index (χ0n) is 14.4. The molecule has 0 spiro atoms. The molecule has 0 atom stereocenters. The second-order valence-corrected chi connectivity index (χ2v) is 11.0. The minimum Gasteiger partial charge on any atom is -0.282 e. The number of rotatable bonds is 10. The van der Waals surface area contributed by atoms with Crippen molar-refractivity contribution < 1.29 is 38.8 Å². The lowest BCUT2D eigenvalue weighted by Crippen LogP contribution is -2.10. The van der Waals surface area contributed by atoms with Gasteiger partial charge < -0.3 is 0 Å². The fourth-order valence-electron chi connectivity index (χ4n) is 1.78. The smallest absolute Gasteiger partial charge is 0.282 e. The van der Waals surface area contributed by atoms with Gasteiger partial charge in [-0.25, -0.2) is 8.37 Å². The van der Waals surface area contributed by atoms with Gasteiger partial charge in [0.05, 0.1) is 10.0 Å². The Morgan fingerprint density at radius 3 is 1.43 bits per heavy atom. The molecule has 0 N–H and O–H groups in total. The fourth-order valence-corrected chi connectivity index (χ4v) is 5.38. The van der Waals surface area contributed by atoms with E-state index in [1.54, 1.807) is 0 Å². The Labute approximate surface area is 192 Å². The summed E-state index contributed by atoms with van der Waals surface area (Å²) >= 11 is 23.0. The molecule has 2 rings (SSSR count). The first kappa shape index (κ1) is 25.8. The Morgan fingerprint density at radius 1 is 0.700 bits per heavy atom. The van der Waals surface area contributed by atoms with Crippen LogP contribution in [0, 0.1) is 0 Å². The molecule has 0 radical (unpaired) electrons. The molecule has 0 fully saturated rings. The van der Waals surface area contributed by atoms with Crippen molar-refractivity contribution in [3.05, 3.63) is 56.5 Å². The van der Waals surface area contributed by atoms with Crippen molar-refractivity contribution in [2.45, 2.75) is 9.79 Å². The van der Waals surface area contributed by atoms with E-state index >= 15 is 0 Å². The minimum atomic E-state index is -4.37. The van der Waals surface area contributed by atoms with Crippen LogP contribution in [0.4, 0.5) is 0 Å². The molecule has 0 aliphatic carbocycles. The fraction of sp³-hybridized carbons (Fsp3) is 0.143. The largest absolute Gasteiger partial charge is 0.323 e. The zero-order valence-corrected chi connectivity index (χ0v) is 20.0. The summed E-state index contributed by atoms with van der Waals surface area (Å²) < 4.78 is 78.0. The van der Waals surface area contributed by atoms with Crippen LogP contribution in [0.1, 0.15) is 0 Å². The van der Waals surface area contributed by atoms with Crippen LogP contribution < -0.4 is 0 Å². The van der Waals surface area contributed by atoms with Crippen LogP contribution in [0.2, 0.25) is 20.1 Å². The molecular weight excluding hydrogens is 549 g/mol. The van der Waals surface area contributed by atoms with Crippen molar-refractivity contribution in [2.24, 2.45) is 0 Å². The molecule has 0 unspecified atom stereocenters. The summed E-state index contributed by atoms with van der Waals surface area (Å²) in [6, 6.07) is 7.35. The molecule has 0 saturated heterocycles. The highest BCUT2D eigenvalue weighted by Crippen LogP contribution is 2.30. The third-order valence-corrected chi connectivity index (χ3v) is 7.71. The van der Waals surface area contributed by atoms with Gasteiger partial charge in [0.15, 0.2) is 13.6 Å². The predicted molar refractivity (Wildman–Crippen MR) is 110 cm³/mol. The number of hydrogen-bond donors (Lipinski definition) is 0. The summed E-state index contributed by atoms with van der Waals surface area (Å²) in [5.41, 5.74) is 0. The Balaban J connectivity index is 1.85. The van der Waals surface area contributed by atoms with Crippen molar-refractivity contribution in [3.8, 4) is 0 Å². The minimum absolute atomic E-state index is 0.0950. The van der Waals surface area contributed by atoms with Crippen molar-refractivity contribution >= 4 is 74.9 Å². The summed E-state index contributed by atoms with van der Waals surface area (Å²) in [6.45, 7) is -2.01. The van der Waals surface area contributed by atoms with Crippen LogP contribution in [-0.2, 0) is 42.2 Å². The number of benzene rings is 2. The molecule has 30 heavy (non-hydrogen) atoms. The third-order valence-electron chi connectivity index (χ3n) is 3.09. The van der Waals surface area contributed by atoms with Gasteiger partial charge in [-0.15, -0.1) is 0 Å². The number of hydrogen-bond acceptors (Lipinski definition) is 9. The van der Waals surface area contributed by atoms with Crippen LogP contribution in [0.25, 0.3) is 0 Å². The quantitative estimate of drug-likeness (QED) is 0.230. The van der Waals surface area contributed by atoms with E-state index in [4.69, 9.17) is 46.4 Å². The molecular formula is C14H11Cl4O9PS2. The van der Waals surface area contributed by atoms with Gasteiger partial charge >= 0.3 is 28.5 Å². The SMILES string of the molecule is O=[PH](OCOS(=O)(=O)c1cc(Cl)ccc1Cl)OCOS(=O)(=O)c1cc(Cl)ccc1Cl. The molecule has 0 aromatic heterocycles. The van der Waals surface area contributed by atoms with Gasteiger partial charge in [0.2, 0.25) is 0 Å². The van der Waals surface area contributed by atoms with E-state index in [1.807, 2.05) is 0 Å². The maximum absolute atomic E-state index is 12.0. The van der Waals surface area contributed by atoms with E-state index in [1.165, 1.54) is 24.3 Å². The first-order chi connectivity index (χ1) is 13.9. The molecule has 0 aliphatic rings. The lowest BCUT2D eigenvalue weighted by Gasteiger charge is -2.09. The van der Waals surface area contributed by atoms with Gasteiger partial charge in [-0.05, 0) is 36.4 Å². The average molecular weight is 560 g/mol. The van der Waals surface area contributed by atoms with Gasteiger partial charge in [-0.2, -0.15) is 16.8 Å². The molecule has 2 aromatic rings. The number of halogens is 4. The Kier molecular flexibility index (Phi) is 9.41. The molecule has 0 bridgehead atoms. The van der Waals surface area contributed by atoms with Gasteiger partial charge in [-0.1, -0.05) is 46.4 Å². The van der Waals surface area contributed by atoms with Crippen LogP contribution >= 0.6 is 54.7 Å². The first-order valence-electron chi connectivity index (χ1n) is 7.41. The summed E-state index contributed by atoms with van der Waals surface area (Å²) in [5, 5.41) is -0.113. The van der Waals surface area contributed by atoms with Crippen LogP contribution in [0.5, 0.6) is 0 Å². The van der Waals surface area contributed by atoms with E-state index in [0.717, 1.165) is 12.1 Å². The monoisotopic (exact) mass is 558 g/mol. The zero-order chi connectivity index (χ0) is 22.5. The highest BCUT2D eigenvalue weighted by atomic mass is 35.5. The summed E-state index contributed by atoms with van der Waals surface area (Å²) in [4.78, 5) is -0.845. The predicted octanol–water partition coefficient (Wildman–Crippen LogP) is 4.75. The summed E-state index contributed by atoms with van der Waals surface area (Å²) in [5.74, 6) is 0. The van der Waals surface area contributed by atoms with E-state index < -0.39 is 51.9 Å². The van der Waals surface area contributed by atoms with E-state index in [0.29, 0.717) is 0 Å². The first-order valence-corrected chi connectivity index (χ1v) is 13.0. The molecule has 16 heteroatoms. The van der Waals surface area contributed by atoms with Gasteiger partial charge in [-0.3, -0.25) is 13.6 Å². The third kappa shape index (κ3) is 7.32. The molecule has 9 nitrogen and oxygen atoms in total. The van der Waals surface area contributed by atoms with Crippen molar-refractivity contribution in [2.75, 3.05) is 13.6 Å². The van der Waals surface area contributed by atoms with Gasteiger partial charge in [0.25, 0.3) is 0 Å². The van der Waals surface area contributed by atoms with E-state index in [-0.39, 0.29) is 20.1 Å².